The Labute approximate surface area is 159 Å². The van der Waals surface area contributed by atoms with Gasteiger partial charge in [0.15, 0.2) is 6.61 Å². The number of esters is 1. The van der Waals surface area contributed by atoms with Gasteiger partial charge in [-0.15, -0.1) is 0 Å². The fourth-order valence-corrected chi connectivity index (χ4v) is 2.89. The van der Waals surface area contributed by atoms with Gasteiger partial charge in [0.05, 0.1) is 6.04 Å². The smallest absolute Gasteiger partial charge is 0.328 e. The van der Waals surface area contributed by atoms with Gasteiger partial charge in [0, 0.05) is 12.3 Å². The Morgan fingerprint density at radius 3 is 2.64 bits per heavy atom. The lowest BCUT2D eigenvalue weighted by Gasteiger charge is -2.16. The quantitative estimate of drug-likeness (QED) is 0.622. The number of aromatic nitrogens is 2. The van der Waals surface area contributed by atoms with E-state index in [9.17, 15) is 19.2 Å². The minimum Gasteiger partial charge on any atom is -0.454 e. The largest absolute Gasteiger partial charge is 0.454 e. The van der Waals surface area contributed by atoms with Crippen molar-refractivity contribution < 1.29 is 14.3 Å². The van der Waals surface area contributed by atoms with Crippen LogP contribution in [0.4, 0.5) is 0 Å². The fraction of sp³-hybridized carbons (Fsp3) is 0.200. The number of hydrogen-bond acceptors (Lipinski definition) is 5. The molecule has 0 fully saturated rings. The summed E-state index contributed by atoms with van der Waals surface area (Å²) in [5.74, 6) is -1.22. The first-order chi connectivity index (χ1) is 13.4. The number of H-pyrrole nitrogens is 1. The number of amides is 1. The second-order valence-corrected chi connectivity index (χ2v) is 6.26. The maximum atomic E-state index is 12.1. The van der Waals surface area contributed by atoms with Crippen molar-refractivity contribution in [2.24, 2.45) is 0 Å². The Morgan fingerprint density at radius 2 is 1.86 bits per heavy atom. The molecule has 3 rings (SSSR count). The summed E-state index contributed by atoms with van der Waals surface area (Å²) in [4.78, 5) is 48.5. The normalized spacial score (nSPS) is 11.8. The third-order valence-corrected chi connectivity index (χ3v) is 4.23. The van der Waals surface area contributed by atoms with Gasteiger partial charge in [-0.2, -0.15) is 0 Å². The third-order valence-electron chi connectivity index (χ3n) is 4.23. The van der Waals surface area contributed by atoms with Crippen LogP contribution in [0.1, 0.15) is 18.5 Å². The van der Waals surface area contributed by atoms with Crippen LogP contribution in [0.5, 0.6) is 0 Å². The average molecular weight is 381 g/mol. The monoisotopic (exact) mass is 381 g/mol. The maximum Gasteiger partial charge on any atom is 0.328 e. The number of nitrogens with zero attached hydrogens (tertiary/aromatic N) is 1. The summed E-state index contributed by atoms with van der Waals surface area (Å²) in [6.07, 6.45) is 1.19. The number of aromatic amines is 1. The van der Waals surface area contributed by atoms with E-state index in [1.54, 1.807) is 0 Å². The van der Waals surface area contributed by atoms with E-state index in [0.717, 1.165) is 27.0 Å². The minimum atomic E-state index is -0.762. The van der Waals surface area contributed by atoms with Crippen LogP contribution in [0.15, 0.2) is 64.3 Å². The van der Waals surface area contributed by atoms with E-state index in [1.165, 1.54) is 6.20 Å². The lowest BCUT2D eigenvalue weighted by Crippen LogP contribution is -2.34. The van der Waals surface area contributed by atoms with Crippen LogP contribution in [-0.2, 0) is 20.9 Å². The Bertz CT molecular complexity index is 1130. The average Bonchev–Trinajstić information content (AvgIpc) is 2.68. The number of benzene rings is 2. The van der Waals surface area contributed by atoms with Gasteiger partial charge in [0.25, 0.3) is 11.5 Å². The molecule has 0 radical (unpaired) electrons. The number of carbonyl (C=O) groups is 2. The molecule has 1 atom stereocenters. The minimum absolute atomic E-state index is 0.279. The van der Waals surface area contributed by atoms with Crippen LogP contribution < -0.4 is 16.6 Å². The highest BCUT2D eigenvalue weighted by Gasteiger charge is 2.14. The first kappa shape index (κ1) is 19.1. The van der Waals surface area contributed by atoms with Gasteiger partial charge in [0.2, 0.25) is 0 Å². The van der Waals surface area contributed by atoms with Crippen molar-refractivity contribution in [2.45, 2.75) is 19.5 Å². The SMILES string of the molecule is C[C@H](NC(=O)COC(=O)Cn1ccc(=O)[nH]c1=O)c1cccc2ccccc12. The van der Waals surface area contributed by atoms with Crippen molar-refractivity contribution in [3.63, 3.8) is 0 Å². The van der Waals surface area contributed by atoms with Gasteiger partial charge in [-0.05, 0) is 23.3 Å². The van der Waals surface area contributed by atoms with E-state index in [1.807, 2.05) is 54.4 Å². The summed E-state index contributed by atoms with van der Waals surface area (Å²) in [6, 6.07) is 14.5. The summed E-state index contributed by atoms with van der Waals surface area (Å²) in [6.45, 7) is 0.981. The molecule has 1 heterocycles. The first-order valence-electron chi connectivity index (χ1n) is 8.66. The van der Waals surface area contributed by atoms with E-state index >= 15 is 0 Å². The van der Waals surface area contributed by atoms with E-state index in [0.29, 0.717) is 0 Å². The lowest BCUT2D eigenvalue weighted by atomic mass is 10.00. The number of hydrogen-bond donors (Lipinski definition) is 2. The van der Waals surface area contributed by atoms with Gasteiger partial charge < -0.3 is 10.1 Å². The van der Waals surface area contributed by atoms with Crippen LogP contribution in [0, 0.1) is 0 Å². The molecular weight excluding hydrogens is 362 g/mol. The molecule has 28 heavy (non-hydrogen) atoms. The summed E-state index contributed by atoms with van der Waals surface area (Å²) >= 11 is 0. The zero-order chi connectivity index (χ0) is 20.1. The molecule has 1 aromatic heterocycles. The zero-order valence-corrected chi connectivity index (χ0v) is 15.2. The Balaban J connectivity index is 1.57. The molecule has 0 aliphatic heterocycles. The molecule has 8 nitrogen and oxygen atoms in total. The summed E-state index contributed by atoms with van der Waals surface area (Å²) < 4.78 is 5.90. The fourth-order valence-electron chi connectivity index (χ4n) is 2.89. The third kappa shape index (κ3) is 4.53. The Kier molecular flexibility index (Phi) is 5.69. The van der Waals surface area contributed by atoms with Crippen molar-refractivity contribution in [1.82, 2.24) is 14.9 Å². The molecule has 2 N–H and O–H groups in total. The molecule has 0 aliphatic rings. The molecule has 3 aromatic rings. The molecular formula is C20H19N3O5. The molecule has 144 valence electrons. The highest BCUT2D eigenvalue weighted by molar-refractivity contribution is 5.87. The van der Waals surface area contributed by atoms with Crippen LogP contribution in [0.2, 0.25) is 0 Å². The molecule has 8 heteroatoms. The zero-order valence-electron chi connectivity index (χ0n) is 15.2. The molecule has 1 amide bonds. The van der Waals surface area contributed by atoms with Crippen molar-refractivity contribution in [1.29, 1.82) is 0 Å². The number of ether oxygens (including phenoxy) is 1. The number of rotatable bonds is 6. The van der Waals surface area contributed by atoms with E-state index in [4.69, 9.17) is 4.74 Å². The number of fused-ring (bicyclic) bond motifs is 1. The van der Waals surface area contributed by atoms with Gasteiger partial charge in [-0.1, -0.05) is 42.5 Å². The molecule has 0 saturated carbocycles. The molecule has 0 unspecified atom stereocenters. The topological polar surface area (TPSA) is 110 Å². The summed E-state index contributed by atoms with van der Waals surface area (Å²) in [5.41, 5.74) is -0.326. The van der Waals surface area contributed by atoms with Crippen molar-refractivity contribution >= 4 is 22.6 Å². The summed E-state index contributed by atoms with van der Waals surface area (Å²) in [5, 5.41) is 4.90. The van der Waals surface area contributed by atoms with E-state index < -0.39 is 36.3 Å². The molecule has 0 bridgehead atoms. The predicted octanol–water partition coefficient (Wildman–Crippen LogP) is 1.11. The second-order valence-electron chi connectivity index (χ2n) is 6.26. The first-order valence-corrected chi connectivity index (χ1v) is 8.66. The van der Waals surface area contributed by atoms with Crippen molar-refractivity contribution in [3.05, 3.63) is 81.1 Å². The van der Waals surface area contributed by atoms with Crippen LogP contribution >= 0.6 is 0 Å². The van der Waals surface area contributed by atoms with E-state index in [-0.39, 0.29) is 6.04 Å². The Hall–Kier alpha value is -3.68. The highest BCUT2D eigenvalue weighted by atomic mass is 16.5. The van der Waals surface area contributed by atoms with Gasteiger partial charge >= 0.3 is 11.7 Å². The standard InChI is InChI=1S/C20H19N3O5/c1-13(15-8-4-6-14-5-2-3-7-16(14)15)21-18(25)12-28-19(26)11-23-10-9-17(24)22-20(23)27/h2-10,13H,11-12H2,1H3,(H,21,25)(H,22,24,27)/t13-/m0/s1. The van der Waals surface area contributed by atoms with Gasteiger partial charge in [-0.3, -0.25) is 23.9 Å². The van der Waals surface area contributed by atoms with E-state index in [2.05, 4.69) is 5.32 Å². The molecule has 0 saturated heterocycles. The van der Waals surface area contributed by atoms with Gasteiger partial charge in [-0.25, -0.2) is 4.79 Å². The second kappa shape index (κ2) is 8.34. The molecule has 0 spiro atoms. The van der Waals surface area contributed by atoms with Crippen LogP contribution in [0.25, 0.3) is 10.8 Å². The maximum absolute atomic E-state index is 12.1. The van der Waals surface area contributed by atoms with Crippen molar-refractivity contribution in [2.75, 3.05) is 6.61 Å². The number of nitrogens with one attached hydrogen (secondary N) is 2. The number of carbonyl (C=O) groups excluding carboxylic acids is 2. The Morgan fingerprint density at radius 1 is 1.11 bits per heavy atom. The van der Waals surface area contributed by atoms with Crippen LogP contribution in [-0.4, -0.2) is 28.0 Å². The van der Waals surface area contributed by atoms with Gasteiger partial charge in [0.1, 0.15) is 6.54 Å². The predicted molar refractivity (Wildman–Crippen MR) is 103 cm³/mol. The summed E-state index contributed by atoms with van der Waals surface area (Å²) in [7, 11) is 0. The lowest BCUT2D eigenvalue weighted by molar-refractivity contribution is -0.149. The molecule has 0 aliphatic carbocycles. The van der Waals surface area contributed by atoms with Crippen LogP contribution in [0.3, 0.4) is 0 Å². The highest BCUT2D eigenvalue weighted by Crippen LogP contribution is 2.23. The molecule has 2 aromatic carbocycles. The van der Waals surface area contributed by atoms with Crippen molar-refractivity contribution in [3.8, 4) is 0 Å².